The van der Waals surface area contributed by atoms with Crippen LogP contribution in [0.2, 0.25) is 0 Å². The molecule has 2 aromatic rings. The van der Waals surface area contributed by atoms with Crippen molar-refractivity contribution in [1.29, 1.82) is 0 Å². The fraction of sp³-hybridized carbons (Fsp3) is 0.529. The Kier molecular flexibility index (Phi) is 3.81. The summed E-state index contributed by atoms with van der Waals surface area (Å²) in [6, 6.07) is 9.44. The fourth-order valence-corrected chi connectivity index (χ4v) is 3.02. The van der Waals surface area contributed by atoms with Crippen molar-refractivity contribution in [2.75, 3.05) is 19.7 Å². The quantitative estimate of drug-likeness (QED) is 0.854. The van der Waals surface area contributed by atoms with E-state index in [1.165, 1.54) is 16.5 Å². The first-order chi connectivity index (χ1) is 9.63. The Labute approximate surface area is 121 Å². The lowest BCUT2D eigenvalue weighted by Gasteiger charge is -2.35. The van der Waals surface area contributed by atoms with Crippen molar-refractivity contribution in [1.82, 2.24) is 9.47 Å². The first kappa shape index (κ1) is 13.7. The third-order valence-electron chi connectivity index (χ3n) is 4.23. The minimum atomic E-state index is 0.294. The number of ether oxygens (including phenoxy) is 1. The van der Waals surface area contributed by atoms with Crippen molar-refractivity contribution in [2.24, 2.45) is 0 Å². The standard InChI is InChI=1S/C17H24N2O/c1-13(2)18-8-9-20-16(11-18)12-19-7-6-15-10-14(3)4-5-17(15)19/h4-7,10,13,16H,8-9,11-12H2,1-3H3. The van der Waals surface area contributed by atoms with Crippen molar-refractivity contribution < 1.29 is 4.74 Å². The van der Waals surface area contributed by atoms with Gasteiger partial charge in [-0.05, 0) is 44.4 Å². The molecule has 0 spiro atoms. The van der Waals surface area contributed by atoms with Crippen LogP contribution in [0.1, 0.15) is 19.4 Å². The molecular formula is C17H24N2O. The van der Waals surface area contributed by atoms with Gasteiger partial charge in [0.2, 0.25) is 0 Å². The van der Waals surface area contributed by atoms with Gasteiger partial charge < -0.3 is 9.30 Å². The molecule has 1 atom stereocenters. The van der Waals surface area contributed by atoms with Crippen LogP contribution in [0.3, 0.4) is 0 Å². The average molecular weight is 272 g/mol. The lowest BCUT2D eigenvalue weighted by Crippen LogP contribution is -2.47. The SMILES string of the molecule is Cc1ccc2c(ccn2CC2CN(C(C)C)CCO2)c1. The molecule has 3 rings (SSSR count). The molecule has 20 heavy (non-hydrogen) atoms. The monoisotopic (exact) mass is 272 g/mol. The summed E-state index contributed by atoms with van der Waals surface area (Å²) in [6.45, 7) is 10.5. The number of aryl methyl sites for hydroxylation is 1. The molecule has 0 N–H and O–H groups in total. The fourth-order valence-electron chi connectivity index (χ4n) is 3.02. The van der Waals surface area contributed by atoms with E-state index in [2.05, 4.69) is 60.7 Å². The van der Waals surface area contributed by atoms with Crippen LogP contribution < -0.4 is 0 Å². The van der Waals surface area contributed by atoms with Gasteiger partial charge in [0.1, 0.15) is 0 Å². The van der Waals surface area contributed by atoms with E-state index in [1.54, 1.807) is 0 Å². The molecule has 1 fully saturated rings. The van der Waals surface area contributed by atoms with Gasteiger partial charge in [-0.3, -0.25) is 4.90 Å². The van der Waals surface area contributed by atoms with Gasteiger partial charge in [0.15, 0.2) is 0 Å². The average Bonchev–Trinajstić information content (AvgIpc) is 2.81. The zero-order chi connectivity index (χ0) is 14.1. The molecule has 0 radical (unpaired) electrons. The Bertz CT molecular complexity index is 588. The lowest BCUT2D eigenvalue weighted by molar-refractivity contribution is -0.0451. The molecule has 0 amide bonds. The second-order valence-corrected chi connectivity index (χ2v) is 6.11. The van der Waals surface area contributed by atoms with Gasteiger partial charge >= 0.3 is 0 Å². The second kappa shape index (κ2) is 5.58. The number of hydrogen-bond donors (Lipinski definition) is 0. The smallest absolute Gasteiger partial charge is 0.0881 e. The number of nitrogens with zero attached hydrogens (tertiary/aromatic N) is 2. The number of aromatic nitrogens is 1. The summed E-state index contributed by atoms with van der Waals surface area (Å²) >= 11 is 0. The first-order valence-electron chi connectivity index (χ1n) is 7.54. The molecule has 1 aromatic heterocycles. The van der Waals surface area contributed by atoms with Gasteiger partial charge in [0.25, 0.3) is 0 Å². The topological polar surface area (TPSA) is 17.4 Å². The van der Waals surface area contributed by atoms with E-state index in [1.807, 2.05) is 0 Å². The van der Waals surface area contributed by atoms with Gasteiger partial charge in [-0.25, -0.2) is 0 Å². The van der Waals surface area contributed by atoms with Gasteiger partial charge in [0, 0.05) is 30.8 Å². The van der Waals surface area contributed by atoms with E-state index < -0.39 is 0 Å². The Morgan fingerprint density at radius 2 is 2.15 bits per heavy atom. The highest BCUT2D eigenvalue weighted by Crippen LogP contribution is 2.19. The molecule has 3 heteroatoms. The van der Waals surface area contributed by atoms with Crippen LogP contribution in [0.4, 0.5) is 0 Å². The van der Waals surface area contributed by atoms with Crippen molar-refractivity contribution in [3.05, 3.63) is 36.0 Å². The minimum absolute atomic E-state index is 0.294. The Hall–Kier alpha value is -1.32. The summed E-state index contributed by atoms with van der Waals surface area (Å²) in [7, 11) is 0. The summed E-state index contributed by atoms with van der Waals surface area (Å²) in [5.74, 6) is 0. The summed E-state index contributed by atoms with van der Waals surface area (Å²) in [5, 5.41) is 1.32. The maximum absolute atomic E-state index is 5.94. The summed E-state index contributed by atoms with van der Waals surface area (Å²) in [5.41, 5.74) is 2.62. The number of fused-ring (bicyclic) bond motifs is 1. The van der Waals surface area contributed by atoms with Crippen LogP contribution in [-0.4, -0.2) is 41.3 Å². The highest BCUT2D eigenvalue weighted by atomic mass is 16.5. The molecule has 108 valence electrons. The highest BCUT2D eigenvalue weighted by molar-refractivity contribution is 5.80. The van der Waals surface area contributed by atoms with Crippen LogP contribution in [0, 0.1) is 6.92 Å². The van der Waals surface area contributed by atoms with E-state index in [-0.39, 0.29) is 0 Å². The van der Waals surface area contributed by atoms with Crippen molar-refractivity contribution in [3.63, 3.8) is 0 Å². The van der Waals surface area contributed by atoms with Crippen LogP contribution in [0.25, 0.3) is 10.9 Å². The molecule has 3 nitrogen and oxygen atoms in total. The predicted molar refractivity (Wildman–Crippen MR) is 83.1 cm³/mol. The van der Waals surface area contributed by atoms with Crippen molar-refractivity contribution in [3.8, 4) is 0 Å². The molecular weight excluding hydrogens is 248 g/mol. The molecule has 0 aliphatic carbocycles. The molecule has 0 bridgehead atoms. The van der Waals surface area contributed by atoms with Crippen molar-refractivity contribution in [2.45, 2.75) is 39.5 Å². The third kappa shape index (κ3) is 2.74. The summed E-state index contributed by atoms with van der Waals surface area (Å²) in [4.78, 5) is 2.50. The molecule has 1 aromatic carbocycles. The Morgan fingerprint density at radius 1 is 1.30 bits per heavy atom. The summed E-state index contributed by atoms with van der Waals surface area (Å²) < 4.78 is 8.26. The normalized spacial score (nSPS) is 20.9. The Morgan fingerprint density at radius 3 is 2.95 bits per heavy atom. The van der Waals surface area contributed by atoms with E-state index in [0.29, 0.717) is 12.1 Å². The molecule has 0 saturated carbocycles. The van der Waals surface area contributed by atoms with E-state index in [9.17, 15) is 0 Å². The molecule has 1 saturated heterocycles. The largest absolute Gasteiger partial charge is 0.374 e. The molecule has 1 aliphatic heterocycles. The van der Waals surface area contributed by atoms with Gasteiger partial charge in [-0.15, -0.1) is 0 Å². The minimum Gasteiger partial charge on any atom is -0.374 e. The Balaban J connectivity index is 1.76. The maximum Gasteiger partial charge on any atom is 0.0881 e. The van der Waals surface area contributed by atoms with Crippen LogP contribution in [0.15, 0.2) is 30.5 Å². The number of benzene rings is 1. The zero-order valence-corrected chi connectivity index (χ0v) is 12.7. The number of rotatable bonds is 3. The van der Waals surface area contributed by atoms with Gasteiger partial charge in [-0.2, -0.15) is 0 Å². The number of morpholine rings is 1. The maximum atomic E-state index is 5.94. The van der Waals surface area contributed by atoms with Crippen LogP contribution in [0.5, 0.6) is 0 Å². The van der Waals surface area contributed by atoms with E-state index in [4.69, 9.17) is 4.74 Å². The molecule has 1 unspecified atom stereocenters. The lowest BCUT2D eigenvalue weighted by atomic mass is 10.2. The van der Waals surface area contributed by atoms with E-state index in [0.717, 1.165) is 26.2 Å². The van der Waals surface area contributed by atoms with Crippen LogP contribution in [-0.2, 0) is 11.3 Å². The molecule has 1 aliphatic rings. The number of hydrogen-bond acceptors (Lipinski definition) is 2. The molecule has 2 heterocycles. The second-order valence-electron chi connectivity index (χ2n) is 6.11. The third-order valence-corrected chi connectivity index (χ3v) is 4.23. The zero-order valence-electron chi connectivity index (χ0n) is 12.7. The highest BCUT2D eigenvalue weighted by Gasteiger charge is 2.22. The van der Waals surface area contributed by atoms with Crippen LogP contribution >= 0.6 is 0 Å². The van der Waals surface area contributed by atoms with Gasteiger partial charge in [-0.1, -0.05) is 11.6 Å². The van der Waals surface area contributed by atoms with Crippen molar-refractivity contribution >= 4 is 10.9 Å². The van der Waals surface area contributed by atoms with Gasteiger partial charge in [0.05, 0.1) is 19.3 Å². The summed E-state index contributed by atoms with van der Waals surface area (Å²) in [6.07, 6.45) is 2.48. The first-order valence-corrected chi connectivity index (χ1v) is 7.54. The van der Waals surface area contributed by atoms with E-state index >= 15 is 0 Å². The predicted octanol–water partition coefficient (Wildman–Crippen LogP) is 3.06.